The van der Waals surface area contributed by atoms with Crippen LogP contribution in [0.3, 0.4) is 0 Å². The summed E-state index contributed by atoms with van der Waals surface area (Å²) in [5.41, 5.74) is 3.48. The number of hydrogen-bond donors (Lipinski definition) is 0. The number of nitrogens with zero attached hydrogens (tertiary/aromatic N) is 4. The highest BCUT2D eigenvalue weighted by Crippen LogP contribution is 2.31. The highest BCUT2D eigenvalue weighted by Gasteiger charge is 2.18. The van der Waals surface area contributed by atoms with E-state index in [1.807, 2.05) is 47.8 Å². The lowest BCUT2D eigenvalue weighted by Crippen LogP contribution is -2.22. The number of anilines is 2. The van der Waals surface area contributed by atoms with Gasteiger partial charge in [0.25, 0.3) is 5.56 Å². The van der Waals surface area contributed by atoms with Gasteiger partial charge in [-0.2, -0.15) is 0 Å². The Labute approximate surface area is 188 Å². The van der Waals surface area contributed by atoms with Gasteiger partial charge in [-0.05, 0) is 36.2 Å². The molecule has 0 aliphatic heterocycles. The van der Waals surface area contributed by atoms with Crippen LogP contribution in [0.1, 0.15) is 25.1 Å². The molecule has 0 fully saturated rings. The van der Waals surface area contributed by atoms with E-state index in [1.165, 1.54) is 28.7 Å². The Hall–Kier alpha value is -2.97. The Morgan fingerprint density at radius 3 is 2.58 bits per heavy atom. The highest BCUT2D eigenvalue weighted by atomic mass is 32.2. The van der Waals surface area contributed by atoms with Crippen LogP contribution < -0.4 is 10.5 Å². The summed E-state index contributed by atoms with van der Waals surface area (Å²) in [7, 11) is 1.73. The molecule has 0 bridgehead atoms. The molecule has 0 saturated carbocycles. The standard InChI is InChI=1S/C23H22N4O2S2/c1-4-16-9-11-18(12-10-16)27(15(2)28)23-24-17(14-31-23)13-30-22-25-20-8-6-5-7-19(20)21(29)26(22)3/h5-12,14H,4,13H2,1-3H3. The molecule has 2 heterocycles. The zero-order valence-corrected chi connectivity index (χ0v) is 19.2. The normalized spacial score (nSPS) is 11.1. The van der Waals surface area contributed by atoms with Crippen molar-refractivity contribution in [1.29, 1.82) is 0 Å². The number of aryl methyl sites for hydroxylation is 1. The summed E-state index contributed by atoms with van der Waals surface area (Å²) in [6, 6.07) is 15.3. The number of benzene rings is 2. The molecule has 0 aliphatic carbocycles. The van der Waals surface area contributed by atoms with Gasteiger partial charge in [-0.1, -0.05) is 43.0 Å². The van der Waals surface area contributed by atoms with Crippen LogP contribution in [0, 0.1) is 0 Å². The van der Waals surface area contributed by atoms with Gasteiger partial charge in [-0.25, -0.2) is 9.97 Å². The lowest BCUT2D eigenvalue weighted by atomic mass is 10.1. The van der Waals surface area contributed by atoms with Crippen molar-refractivity contribution in [2.24, 2.45) is 7.05 Å². The Balaban J connectivity index is 1.56. The predicted octanol–water partition coefficient (Wildman–Crippen LogP) is 4.93. The fraction of sp³-hybridized carbons (Fsp3) is 0.217. The summed E-state index contributed by atoms with van der Waals surface area (Å²) >= 11 is 2.88. The minimum atomic E-state index is -0.0867. The first kappa shape index (κ1) is 21.3. The lowest BCUT2D eigenvalue weighted by Gasteiger charge is -2.18. The van der Waals surface area contributed by atoms with Gasteiger partial charge in [-0.15, -0.1) is 11.3 Å². The van der Waals surface area contributed by atoms with Crippen molar-refractivity contribution < 1.29 is 4.79 Å². The number of thioether (sulfide) groups is 1. The molecule has 8 heteroatoms. The summed E-state index contributed by atoms with van der Waals surface area (Å²) < 4.78 is 1.57. The van der Waals surface area contributed by atoms with Crippen molar-refractivity contribution in [3.05, 3.63) is 75.5 Å². The van der Waals surface area contributed by atoms with Crippen molar-refractivity contribution in [1.82, 2.24) is 14.5 Å². The Kier molecular flexibility index (Phi) is 6.20. The molecule has 31 heavy (non-hydrogen) atoms. The number of hydrogen-bond acceptors (Lipinski definition) is 6. The van der Waals surface area contributed by atoms with Gasteiger partial charge in [0.1, 0.15) is 0 Å². The van der Waals surface area contributed by atoms with E-state index in [1.54, 1.807) is 29.5 Å². The molecule has 158 valence electrons. The number of thiazole rings is 1. The zero-order chi connectivity index (χ0) is 22.0. The Bertz CT molecular complexity index is 1300. The summed E-state index contributed by atoms with van der Waals surface area (Å²) in [6.07, 6.45) is 0.949. The minimum absolute atomic E-state index is 0.0645. The zero-order valence-electron chi connectivity index (χ0n) is 17.5. The second-order valence-electron chi connectivity index (χ2n) is 7.06. The molecule has 2 aromatic heterocycles. The molecular formula is C23H22N4O2S2. The van der Waals surface area contributed by atoms with Crippen LogP contribution in [0.5, 0.6) is 0 Å². The predicted molar refractivity (Wildman–Crippen MR) is 127 cm³/mol. The van der Waals surface area contributed by atoms with Crippen molar-refractivity contribution in [3.63, 3.8) is 0 Å². The van der Waals surface area contributed by atoms with Gasteiger partial charge in [0.15, 0.2) is 10.3 Å². The Morgan fingerprint density at radius 1 is 1.13 bits per heavy atom. The number of amides is 1. The third-order valence-electron chi connectivity index (χ3n) is 4.94. The van der Waals surface area contributed by atoms with E-state index in [9.17, 15) is 9.59 Å². The molecule has 6 nitrogen and oxygen atoms in total. The van der Waals surface area contributed by atoms with Crippen LogP contribution in [0.2, 0.25) is 0 Å². The van der Waals surface area contributed by atoms with Crippen LogP contribution >= 0.6 is 23.1 Å². The largest absolute Gasteiger partial charge is 0.290 e. The second kappa shape index (κ2) is 9.03. The molecule has 4 rings (SSSR count). The van der Waals surface area contributed by atoms with Gasteiger partial charge < -0.3 is 0 Å². The SMILES string of the molecule is CCc1ccc(N(C(C)=O)c2nc(CSc3nc4ccccc4c(=O)n3C)cs2)cc1. The van der Waals surface area contributed by atoms with Crippen LogP contribution in [-0.4, -0.2) is 20.4 Å². The van der Waals surface area contributed by atoms with Crippen LogP contribution in [0.15, 0.2) is 63.9 Å². The van der Waals surface area contributed by atoms with Crippen molar-refractivity contribution in [2.75, 3.05) is 4.90 Å². The van der Waals surface area contributed by atoms with Gasteiger partial charge in [-0.3, -0.25) is 19.1 Å². The first-order chi connectivity index (χ1) is 15.0. The summed E-state index contributed by atoms with van der Waals surface area (Å²) in [5.74, 6) is 0.465. The molecule has 4 aromatic rings. The molecule has 1 amide bonds. The number of rotatable bonds is 6. The van der Waals surface area contributed by atoms with E-state index in [0.29, 0.717) is 26.9 Å². The number of para-hydroxylation sites is 1. The second-order valence-corrected chi connectivity index (χ2v) is 8.84. The fourth-order valence-corrected chi connectivity index (χ4v) is 5.09. The number of carbonyl (C=O) groups excluding carboxylic acids is 1. The third-order valence-corrected chi connectivity index (χ3v) is 6.88. The van der Waals surface area contributed by atoms with E-state index in [2.05, 4.69) is 16.9 Å². The van der Waals surface area contributed by atoms with Crippen molar-refractivity contribution in [3.8, 4) is 0 Å². The molecule has 0 N–H and O–H groups in total. The Morgan fingerprint density at radius 2 is 1.87 bits per heavy atom. The maximum Gasteiger partial charge on any atom is 0.261 e. The smallest absolute Gasteiger partial charge is 0.261 e. The van der Waals surface area contributed by atoms with Crippen molar-refractivity contribution >= 4 is 50.7 Å². The molecule has 0 unspecified atom stereocenters. The van der Waals surface area contributed by atoms with Gasteiger partial charge in [0.2, 0.25) is 5.91 Å². The van der Waals surface area contributed by atoms with E-state index in [-0.39, 0.29) is 11.5 Å². The van der Waals surface area contributed by atoms with Gasteiger partial charge in [0, 0.05) is 25.1 Å². The highest BCUT2D eigenvalue weighted by molar-refractivity contribution is 7.98. The summed E-state index contributed by atoms with van der Waals surface area (Å²) in [5, 5.41) is 3.82. The molecule has 0 aliphatic rings. The summed E-state index contributed by atoms with van der Waals surface area (Å²) in [6.45, 7) is 3.64. The van der Waals surface area contributed by atoms with Crippen molar-refractivity contribution in [2.45, 2.75) is 31.2 Å². The first-order valence-corrected chi connectivity index (χ1v) is 11.8. The topological polar surface area (TPSA) is 68.1 Å². The first-order valence-electron chi connectivity index (χ1n) is 9.90. The molecular weight excluding hydrogens is 428 g/mol. The van der Waals surface area contributed by atoms with E-state index >= 15 is 0 Å². The quantitative estimate of drug-likeness (QED) is 0.308. The average molecular weight is 451 g/mol. The van der Waals surface area contributed by atoms with Crippen LogP contribution in [0.4, 0.5) is 10.8 Å². The van der Waals surface area contributed by atoms with E-state index < -0.39 is 0 Å². The molecule has 0 radical (unpaired) electrons. The average Bonchev–Trinajstić information content (AvgIpc) is 3.24. The number of aromatic nitrogens is 3. The number of fused-ring (bicyclic) bond motifs is 1. The maximum absolute atomic E-state index is 12.6. The molecule has 2 aromatic carbocycles. The monoisotopic (exact) mass is 450 g/mol. The molecule has 0 spiro atoms. The van der Waals surface area contributed by atoms with Gasteiger partial charge >= 0.3 is 0 Å². The molecule has 0 atom stereocenters. The minimum Gasteiger partial charge on any atom is -0.290 e. The fourth-order valence-electron chi connectivity index (χ4n) is 3.24. The molecule has 0 saturated heterocycles. The van der Waals surface area contributed by atoms with Gasteiger partial charge in [0.05, 0.1) is 22.3 Å². The number of carbonyl (C=O) groups is 1. The lowest BCUT2D eigenvalue weighted by molar-refractivity contribution is -0.115. The third kappa shape index (κ3) is 4.40. The maximum atomic E-state index is 12.6. The van der Waals surface area contributed by atoms with E-state index in [0.717, 1.165) is 17.8 Å². The van der Waals surface area contributed by atoms with Crippen LogP contribution in [-0.2, 0) is 24.0 Å². The summed E-state index contributed by atoms with van der Waals surface area (Å²) in [4.78, 5) is 35.8. The van der Waals surface area contributed by atoms with E-state index in [4.69, 9.17) is 0 Å². The van der Waals surface area contributed by atoms with Crippen LogP contribution in [0.25, 0.3) is 10.9 Å².